The summed E-state index contributed by atoms with van der Waals surface area (Å²) in [4.78, 5) is 33.6. The average Bonchev–Trinajstić information content (AvgIpc) is 3.60. The van der Waals surface area contributed by atoms with E-state index in [4.69, 9.17) is 0 Å². The van der Waals surface area contributed by atoms with Gasteiger partial charge in [-0.15, -0.1) is 0 Å². The van der Waals surface area contributed by atoms with E-state index in [1.54, 1.807) is 17.0 Å². The van der Waals surface area contributed by atoms with E-state index in [0.717, 1.165) is 56.9 Å². The van der Waals surface area contributed by atoms with E-state index in [9.17, 15) is 18.4 Å². The van der Waals surface area contributed by atoms with Crippen LogP contribution in [0.25, 0.3) is 0 Å². The van der Waals surface area contributed by atoms with Crippen molar-refractivity contribution in [3.05, 3.63) is 53.1 Å². The molecule has 3 amide bonds. The Bertz CT molecular complexity index is 1220. The van der Waals surface area contributed by atoms with Crippen LogP contribution in [-0.4, -0.2) is 91.1 Å². The van der Waals surface area contributed by atoms with Crippen LogP contribution < -0.4 is 15.5 Å². The van der Waals surface area contributed by atoms with E-state index in [1.165, 1.54) is 18.2 Å². The van der Waals surface area contributed by atoms with Crippen molar-refractivity contribution in [3.63, 3.8) is 0 Å². The van der Waals surface area contributed by atoms with E-state index < -0.39 is 11.9 Å². The van der Waals surface area contributed by atoms with Gasteiger partial charge in [0, 0.05) is 81.4 Å². The number of nitrogens with one attached hydrogen (secondary N) is 2. The molecular weight excluding hydrogens is 478 g/mol. The van der Waals surface area contributed by atoms with Gasteiger partial charge in [-0.1, -0.05) is 6.07 Å². The lowest BCUT2D eigenvalue weighted by molar-refractivity contribution is -0.116. The van der Waals surface area contributed by atoms with Crippen LogP contribution in [0, 0.1) is 18.6 Å². The van der Waals surface area contributed by atoms with Gasteiger partial charge in [-0.3, -0.25) is 9.69 Å². The lowest BCUT2D eigenvalue weighted by Gasteiger charge is -2.39. The molecule has 2 aromatic carbocycles. The second-order valence-corrected chi connectivity index (χ2v) is 10.7. The Hall–Kier alpha value is -3.40. The van der Waals surface area contributed by atoms with Crippen LogP contribution in [0.4, 0.5) is 30.6 Å². The smallest absolute Gasteiger partial charge is 0.320 e. The third-order valence-electron chi connectivity index (χ3n) is 8.27. The van der Waals surface area contributed by atoms with Gasteiger partial charge in [0.1, 0.15) is 17.7 Å². The second-order valence-electron chi connectivity index (χ2n) is 10.7. The highest BCUT2D eigenvalue weighted by Crippen LogP contribution is 2.33. The molecule has 1 unspecified atom stereocenters. The molecule has 196 valence electrons. The Morgan fingerprint density at radius 1 is 1.05 bits per heavy atom. The molecule has 4 aliphatic heterocycles. The van der Waals surface area contributed by atoms with E-state index in [-0.39, 0.29) is 30.2 Å². The van der Waals surface area contributed by atoms with Crippen molar-refractivity contribution >= 4 is 29.0 Å². The number of nitrogens with zero attached hydrogens (tertiary/aromatic N) is 4. The topological polar surface area (TPSA) is 71.2 Å². The molecule has 4 aliphatic rings. The summed E-state index contributed by atoms with van der Waals surface area (Å²) >= 11 is 0. The predicted octanol–water partition coefficient (Wildman–Crippen LogP) is 2.88. The van der Waals surface area contributed by atoms with Crippen molar-refractivity contribution in [1.29, 1.82) is 0 Å². The van der Waals surface area contributed by atoms with Gasteiger partial charge in [0.05, 0.1) is 6.04 Å². The van der Waals surface area contributed by atoms with Gasteiger partial charge in [0.25, 0.3) is 0 Å². The summed E-state index contributed by atoms with van der Waals surface area (Å²) in [7, 11) is 1.85. The average molecular weight is 511 g/mol. The van der Waals surface area contributed by atoms with E-state index in [2.05, 4.69) is 20.4 Å². The number of hydrogen-bond donors (Lipinski definition) is 2. The third kappa shape index (κ3) is 4.37. The van der Waals surface area contributed by atoms with E-state index in [1.807, 2.05) is 18.9 Å². The first kappa shape index (κ1) is 24.0. The Morgan fingerprint density at radius 3 is 2.70 bits per heavy atom. The highest BCUT2D eigenvalue weighted by Gasteiger charge is 2.41. The fraction of sp³-hybridized carbons (Fsp3) is 0.481. The number of benzene rings is 2. The third-order valence-corrected chi connectivity index (χ3v) is 8.27. The molecule has 2 N–H and O–H groups in total. The summed E-state index contributed by atoms with van der Waals surface area (Å²) in [5.41, 5.74) is 3.18. The van der Waals surface area contributed by atoms with Gasteiger partial charge in [-0.05, 0) is 43.2 Å². The molecule has 4 heterocycles. The first-order valence-corrected chi connectivity index (χ1v) is 12.9. The van der Waals surface area contributed by atoms with Crippen molar-refractivity contribution < 1.29 is 18.4 Å². The van der Waals surface area contributed by atoms with Gasteiger partial charge < -0.3 is 25.3 Å². The van der Waals surface area contributed by atoms with Crippen molar-refractivity contribution in [2.45, 2.75) is 37.9 Å². The maximum Gasteiger partial charge on any atom is 0.320 e. The van der Waals surface area contributed by atoms with Crippen LogP contribution in [0.3, 0.4) is 0 Å². The number of rotatable bonds is 4. The molecule has 6 rings (SSSR count). The standard InChI is InChI=1S/C27H32F2N6O2/c1-16-3-4-23(29)22-12-24(31-25(16)22)26(36)30-18-9-17(28)10-20(11-18)33-6-5-19(14-33)34-7-8-35-21(15-34)13-32(2)27(35)37/h3-4,9-11,19,21,24,31H,5-8,12-15H2,1-2H3,(H,30,36)/t19-,21+,24?/m0/s1. The number of halogens is 2. The summed E-state index contributed by atoms with van der Waals surface area (Å²) in [5.74, 6) is -1.06. The molecule has 2 aromatic rings. The molecular formula is C27H32F2N6O2. The van der Waals surface area contributed by atoms with Crippen molar-refractivity contribution in [2.75, 3.05) is 61.8 Å². The number of aryl methyl sites for hydroxylation is 1. The van der Waals surface area contributed by atoms with Crippen LogP contribution in [-0.2, 0) is 11.2 Å². The molecule has 0 radical (unpaired) electrons. The predicted molar refractivity (Wildman–Crippen MR) is 138 cm³/mol. The zero-order valence-electron chi connectivity index (χ0n) is 21.1. The Balaban J connectivity index is 1.10. The first-order valence-electron chi connectivity index (χ1n) is 12.9. The van der Waals surface area contributed by atoms with Gasteiger partial charge in [0.2, 0.25) is 5.91 Å². The maximum absolute atomic E-state index is 14.6. The monoisotopic (exact) mass is 510 g/mol. The van der Waals surface area contributed by atoms with Crippen molar-refractivity contribution in [1.82, 2.24) is 14.7 Å². The molecule has 3 fully saturated rings. The minimum atomic E-state index is -0.617. The van der Waals surface area contributed by atoms with E-state index >= 15 is 0 Å². The number of carbonyl (C=O) groups excluding carboxylic acids is 2. The van der Waals surface area contributed by atoms with Crippen molar-refractivity contribution in [2.24, 2.45) is 0 Å². The number of urea groups is 1. The quantitative estimate of drug-likeness (QED) is 0.662. The number of fused-ring (bicyclic) bond motifs is 2. The highest BCUT2D eigenvalue weighted by atomic mass is 19.1. The lowest BCUT2D eigenvalue weighted by atomic mass is 10.1. The summed E-state index contributed by atoms with van der Waals surface area (Å²) < 4.78 is 28.8. The molecule has 0 bridgehead atoms. The minimum Gasteiger partial charge on any atom is -0.373 e. The molecule has 0 aromatic heterocycles. The van der Waals surface area contributed by atoms with Gasteiger partial charge >= 0.3 is 6.03 Å². The fourth-order valence-electron chi connectivity index (χ4n) is 6.29. The van der Waals surface area contributed by atoms with Crippen LogP contribution in [0.2, 0.25) is 0 Å². The zero-order chi connectivity index (χ0) is 25.8. The first-order chi connectivity index (χ1) is 17.8. The highest BCUT2D eigenvalue weighted by molar-refractivity contribution is 5.98. The lowest BCUT2D eigenvalue weighted by Crippen LogP contribution is -2.55. The summed E-state index contributed by atoms with van der Waals surface area (Å²) in [6.07, 6.45) is 1.21. The molecule has 37 heavy (non-hydrogen) atoms. The summed E-state index contributed by atoms with van der Waals surface area (Å²) in [6, 6.07) is 7.79. The minimum absolute atomic E-state index is 0.115. The normalized spacial score (nSPS) is 25.4. The van der Waals surface area contributed by atoms with Gasteiger partial charge in [0.15, 0.2) is 0 Å². The van der Waals surface area contributed by atoms with Crippen LogP contribution in [0.15, 0.2) is 30.3 Å². The van der Waals surface area contributed by atoms with Crippen molar-refractivity contribution in [3.8, 4) is 0 Å². The number of piperazine rings is 1. The molecule has 3 atom stereocenters. The number of amides is 3. The number of carbonyl (C=O) groups is 2. The summed E-state index contributed by atoms with van der Waals surface area (Å²) in [6.45, 7) is 6.63. The number of anilines is 3. The Kier molecular flexibility index (Phi) is 5.94. The molecule has 0 aliphatic carbocycles. The molecule has 3 saturated heterocycles. The van der Waals surface area contributed by atoms with Crippen LogP contribution in [0.1, 0.15) is 17.5 Å². The fourth-order valence-corrected chi connectivity index (χ4v) is 6.29. The van der Waals surface area contributed by atoms with Gasteiger partial charge in [-0.25, -0.2) is 13.6 Å². The number of likely N-dealkylation sites (N-methyl/N-ethyl adjacent to an activating group) is 1. The molecule has 0 saturated carbocycles. The largest absolute Gasteiger partial charge is 0.373 e. The van der Waals surface area contributed by atoms with E-state index in [0.29, 0.717) is 23.0 Å². The zero-order valence-corrected chi connectivity index (χ0v) is 21.1. The molecule has 8 nitrogen and oxygen atoms in total. The second kappa shape index (κ2) is 9.16. The Morgan fingerprint density at radius 2 is 1.89 bits per heavy atom. The van der Waals surface area contributed by atoms with Crippen LogP contribution in [0.5, 0.6) is 0 Å². The van der Waals surface area contributed by atoms with Gasteiger partial charge in [-0.2, -0.15) is 0 Å². The SMILES string of the molecule is Cc1ccc(F)c2c1NC(C(=O)Nc1cc(F)cc(N3CC[C@H](N4CCN5C(=O)N(C)C[C@@H]5C4)C3)c1)C2. The molecule has 10 heteroatoms. The summed E-state index contributed by atoms with van der Waals surface area (Å²) in [5, 5.41) is 5.95. The number of hydrogen-bond acceptors (Lipinski definition) is 5. The Labute approximate surface area is 215 Å². The maximum atomic E-state index is 14.6. The van der Waals surface area contributed by atoms with Crippen LogP contribution >= 0.6 is 0 Å². The molecule has 0 spiro atoms.